The minimum atomic E-state index is -1.10. The summed E-state index contributed by atoms with van der Waals surface area (Å²) in [6, 6.07) is 6.09. The molecule has 3 atom stereocenters. The molecule has 0 bridgehead atoms. The van der Waals surface area contributed by atoms with Crippen LogP contribution in [0.15, 0.2) is 42.7 Å². The molecule has 1 amide bonds. The Hall–Kier alpha value is -3.42. The molecule has 1 aromatic carbocycles. The summed E-state index contributed by atoms with van der Waals surface area (Å²) in [5.41, 5.74) is 0.0408. The molecule has 1 fully saturated rings. The molecule has 0 saturated heterocycles. The van der Waals surface area contributed by atoms with Gasteiger partial charge in [0, 0.05) is 6.20 Å². The number of pyridine rings is 2. The number of hydrogen-bond acceptors (Lipinski definition) is 4. The number of benzene rings is 1. The number of amides is 1. The highest BCUT2D eigenvalue weighted by molar-refractivity contribution is 6.03. The van der Waals surface area contributed by atoms with Crippen LogP contribution in [0.3, 0.4) is 0 Å². The number of aromatic nitrogens is 2. The highest BCUT2D eigenvalue weighted by Crippen LogP contribution is 2.41. The lowest BCUT2D eigenvalue weighted by molar-refractivity contribution is 0.102. The molecule has 178 valence electrons. The summed E-state index contributed by atoms with van der Waals surface area (Å²) in [7, 11) is 1.22. The van der Waals surface area contributed by atoms with E-state index in [1.165, 1.54) is 19.6 Å². The van der Waals surface area contributed by atoms with E-state index in [2.05, 4.69) is 29.1 Å². The number of halogens is 3. The Morgan fingerprint density at radius 3 is 2.41 bits per heavy atom. The number of nitrogens with one attached hydrogen (secondary N) is 1. The Labute approximate surface area is 196 Å². The molecule has 3 aromatic rings. The zero-order valence-corrected chi connectivity index (χ0v) is 19.2. The molecule has 1 unspecified atom stereocenters. The van der Waals surface area contributed by atoms with Crippen molar-refractivity contribution in [2.24, 2.45) is 11.8 Å². The fourth-order valence-electron chi connectivity index (χ4n) is 4.90. The molecule has 4 rings (SSSR count). The molecule has 2 heterocycles. The Balaban J connectivity index is 1.66. The van der Waals surface area contributed by atoms with Gasteiger partial charge in [-0.3, -0.25) is 9.78 Å². The molecule has 0 aliphatic heterocycles. The summed E-state index contributed by atoms with van der Waals surface area (Å²) >= 11 is 0. The van der Waals surface area contributed by atoms with Crippen LogP contribution in [0.5, 0.6) is 5.75 Å². The van der Waals surface area contributed by atoms with Gasteiger partial charge in [0.05, 0.1) is 24.6 Å². The molecule has 1 aliphatic rings. The standard InChI is InChI=1S/C26H26F3N3O2/c1-14-10-15(2)12-16(11-14)17-8-9-30-13-21(17)32-26(33)20-6-4-19(28)25(31-20)23-18(27)5-7-22(34-3)24(23)29/h4-9,13-16H,10-12H2,1-3H3,(H,32,33)/t14-,15?,16-/m1/s1. The van der Waals surface area contributed by atoms with Crippen LogP contribution in [0, 0.1) is 29.3 Å². The summed E-state index contributed by atoms with van der Waals surface area (Å²) in [6.07, 6.45) is 6.44. The van der Waals surface area contributed by atoms with E-state index in [0.717, 1.165) is 36.6 Å². The molecule has 2 aromatic heterocycles. The Kier molecular flexibility index (Phi) is 6.86. The number of nitrogens with zero attached hydrogens (tertiary/aromatic N) is 2. The van der Waals surface area contributed by atoms with E-state index in [4.69, 9.17) is 4.74 Å². The number of anilines is 1. The highest BCUT2D eigenvalue weighted by Gasteiger charge is 2.28. The van der Waals surface area contributed by atoms with E-state index in [-0.39, 0.29) is 17.4 Å². The van der Waals surface area contributed by atoms with Crippen molar-refractivity contribution in [1.29, 1.82) is 0 Å². The van der Waals surface area contributed by atoms with E-state index in [9.17, 15) is 18.0 Å². The lowest BCUT2D eigenvalue weighted by atomic mass is 9.74. The van der Waals surface area contributed by atoms with E-state index in [1.54, 1.807) is 12.4 Å². The molecule has 0 radical (unpaired) electrons. The van der Waals surface area contributed by atoms with Crippen LogP contribution >= 0.6 is 0 Å². The monoisotopic (exact) mass is 469 g/mol. The van der Waals surface area contributed by atoms with Gasteiger partial charge < -0.3 is 10.1 Å². The third-order valence-corrected chi connectivity index (χ3v) is 6.31. The number of methoxy groups -OCH3 is 1. The van der Waals surface area contributed by atoms with E-state index in [1.807, 2.05) is 6.07 Å². The van der Waals surface area contributed by atoms with Crippen LogP contribution in [0.25, 0.3) is 11.3 Å². The van der Waals surface area contributed by atoms with Crippen molar-refractivity contribution >= 4 is 11.6 Å². The molecule has 1 saturated carbocycles. The van der Waals surface area contributed by atoms with Gasteiger partial charge in [-0.1, -0.05) is 13.8 Å². The maximum Gasteiger partial charge on any atom is 0.274 e. The minimum absolute atomic E-state index is 0.182. The van der Waals surface area contributed by atoms with E-state index in [0.29, 0.717) is 17.5 Å². The Morgan fingerprint density at radius 1 is 1.00 bits per heavy atom. The van der Waals surface area contributed by atoms with Crippen LogP contribution in [0.1, 0.15) is 55.1 Å². The first-order chi connectivity index (χ1) is 16.3. The van der Waals surface area contributed by atoms with Crippen LogP contribution in [0.4, 0.5) is 18.9 Å². The molecule has 8 heteroatoms. The number of hydrogen-bond donors (Lipinski definition) is 1. The normalized spacial score (nSPS) is 20.1. The summed E-state index contributed by atoms with van der Waals surface area (Å²) < 4.78 is 48.6. The molecule has 1 aliphatic carbocycles. The molecular formula is C26H26F3N3O2. The largest absolute Gasteiger partial charge is 0.494 e. The number of rotatable bonds is 5. The fourth-order valence-corrected chi connectivity index (χ4v) is 4.90. The van der Waals surface area contributed by atoms with Crippen molar-refractivity contribution in [2.45, 2.75) is 39.0 Å². The average Bonchev–Trinajstić information content (AvgIpc) is 2.80. The lowest BCUT2D eigenvalue weighted by Crippen LogP contribution is -2.21. The smallest absolute Gasteiger partial charge is 0.274 e. The van der Waals surface area contributed by atoms with Crippen molar-refractivity contribution in [3.63, 3.8) is 0 Å². The number of ether oxygens (including phenoxy) is 1. The predicted molar refractivity (Wildman–Crippen MR) is 123 cm³/mol. The summed E-state index contributed by atoms with van der Waals surface area (Å²) in [4.78, 5) is 21.1. The maximum atomic E-state index is 14.7. The van der Waals surface area contributed by atoms with Gasteiger partial charge in [0.2, 0.25) is 0 Å². The molecule has 1 N–H and O–H groups in total. The Morgan fingerprint density at radius 2 is 1.71 bits per heavy atom. The van der Waals surface area contributed by atoms with Gasteiger partial charge in [-0.25, -0.2) is 18.2 Å². The summed E-state index contributed by atoms with van der Waals surface area (Å²) in [6.45, 7) is 4.45. The number of carbonyl (C=O) groups excluding carboxylic acids is 1. The van der Waals surface area contributed by atoms with Crippen LogP contribution in [-0.2, 0) is 0 Å². The highest BCUT2D eigenvalue weighted by atomic mass is 19.1. The first-order valence-corrected chi connectivity index (χ1v) is 11.2. The van der Waals surface area contributed by atoms with Gasteiger partial charge in [0.1, 0.15) is 23.0 Å². The second-order valence-electron chi connectivity index (χ2n) is 9.00. The van der Waals surface area contributed by atoms with Gasteiger partial charge in [0.15, 0.2) is 11.6 Å². The average molecular weight is 470 g/mol. The second-order valence-corrected chi connectivity index (χ2v) is 9.00. The van der Waals surface area contributed by atoms with Gasteiger partial charge in [0.25, 0.3) is 5.91 Å². The minimum Gasteiger partial charge on any atom is -0.494 e. The molecule has 5 nitrogen and oxygen atoms in total. The van der Waals surface area contributed by atoms with Gasteiger partial charge in [-0.2, -0.15) is 0 Å². The van der Waals surface area contributed by atoms with Gasteiger partial charge >= 0.3 is 0 Å². The Bertz CT molecular complexity index is 1210. The zero-order valence-electron chi connectivity index (χ0n) is 19.2. The molecule has 34 heavy (non-hydrogen) atoms. The van der Waals surface area contributed by atoms with Crippen molar-refractivity contribution in [3.05, 3.63) is 71.4 Å². The van der Waals surface area contributed by atoms with Crippen LogP contribution in [0.2, 0.25) is 0 Å². The topological polar surface area (TPSA) is 64.1 Å². The summed E-state index contributed by atoms with van der Waals surface area (Å²) in [5, 5.41) is 2.81. The quantitative estimate of drug-likeness (QED) is 0.472. The third-order valence-electron chi connectivity index (χ3n) is 6.31. The van der Waals surface area contributed by atoms with Crippen molar-refractivity contribution in [3.8, 4) is 17.0 Å². The summed E-state index contributed by atoms with van der Waals surface area (Å²) in [5.74, 6) is -2.55. The first kappa shape index (κ1) is 23.7. The van der Waals surface area contributed by atoms with E-state index < -0.39 is 34.6 Å². The van der Waals surface area contributed by atoms with Crippen molar-refractivity contribution in [1.82, 2.24) is 9.97 Å². The number of carbonyl (C=O) groups is 1. The molecule has 0 spiro atoms. The van der Waals surface area contributed by atoms with Gasteiger partial charge in [-0.05, 0) is 72.9 Å². The maximum absolute atomic E-state index is 14.7. The van der Waals surface area contributed by atoms with Crippen molar-refractivity contribution in [2.75, 3.05) is 12.4 Å². The predicted octanol–water partition coefficient (Wildman–Crippen LogP) is 6.36. The SMILES string of the molecule is COc1ccc(F)c(-c2nc(C(=O)Nc3cnccc3[C@H]3CC(C)C[C@@H](C)C3)ccc2F)c1F. The zero-order chi connectivity index (χ0) is 24.4. The van der Waals surface area contributed by atoms with Crippen LogP contribution in [-0.4, -0.2) is 23.0 Å². The molecular weight excluding hydrogens is 443 g/mol. The first-order valence-electron chi connectivity index (χ1n) is 11.2. The van der Waals surface area contributed by atoms with Crippen LogP contribution < -0.4 is 10.1 Å². The van der Waals surface area contributed by atoms with Crippen molar-refractivity contribution < 1.29 is 22.7 Å². The third kappa shape index (κ3) is 4.76. The lowest BCUT2D eigenvalue weighted by Gasteiger charge is -2.32. The van der Waals surface area contributed by atoms with E-state index >= 15 is 0 Å². The fraction of sp³-hybridized carbons (Fsp3) is 0.346. The van der Waals surface area contributed by atoms with Gasteiger partial charge in [-0.15, -0.1) is 0 Å². The second kappa shape index (κ2) is 9.83.